The minimum absolute atomic E-state index is 0. The smallest absolute Gasteiger partial charge is 0.308 e. The first kappa shape index (κ1) is 19.7. The maximum atomic E-state index is 12.2. The van der Waals surface area contributed by atoms with Gasteiger partial charge >= 0.3 is 5.97 Å². The van der Waals surface area contributed by atoms with Crippen molar-refractivity contribution >= 4 is 36.7 Å². The van der Waals surface area contributed by atoms with Crippen molar-refractivity contribution in [1.82, 2.24) is 14.7 Å². The van der Waals surface area contributed by atoms with Gasteiger partial charge < -0.3 is 10.0 Å². The standard InChI is InChI=1S/C13H19N3O3.2ClH/c1-8-11(9(2)15(3)14-8)6-12(17)16-5-4-10(7-16)13(18)19;;/h10H,4-7H2,1-3H3,(H,18,19);2*1H. The summed E-state index contributed by atoms with van der Waals surface area (Å²) >= 11 is 0. The summed E-state index contributed by atoms with van der Waals surface area (Å²) < 4.78 is 1.77. The van der Waals surface area contributed by atoms with Crippen molar-refractivity contribution in [3.05, 3.63) is 17.0 Å². The van der Waals surface area contributed by atoms with Crippen LogP contribution in [0.15, 0.2) is 0 Å². The molecule has 1 unspecified atom stereocenters. The molecule has 0 bridgehead atoms. The lowest BCUT2D eigenvalue weighted by Crippen LogP contribution is -2.31. The Labute approximate surface area is 136 Å². The molecule has 8 heteroatoms. The molecule has 0 saturated carbocycles. The molecule has 21 heavy (non-hydrogen) atoms. The third-order valence-electron chi connectivity index (χ3n) is 3.88. The zero-order valence-electron chi connectivity index (χ0n) is 12.3. The number of carboxylic acid groups (broad SMARTS) is 1. The molecule has 1 aromatic rings. The summed E-state index contributed by atoms with van der Waals surface area (Å²) in [4.78, 5) is 24.7. The number of hydrogen-bond acceptors (Lipinski definition) is 3. The monoisotopic (exact) mass is 337 g/mol. The molecule has 1 N–H and O–H groups in total. The minimum atomic E-state index is -0.816. The Balaban J connectivity index is 0.00000200. The zero-order valence-corrected chi connectivity index (χ0v) is 14.0. The summed E-state index contributed by atoms with van der Waals surface area (Å²) in [5.74, 6) is -1.24. The number of aliphatic carboxylic acids is 1. The Morgan fingerprint density at radius 1 is 1.33 bits per heavy atom. The number of nitrogens with zero attached hydrogens (tertiary/aromatic N) is 3. The van der Waals surface area contributed by atoms with Crippen molar-refractivity contribution in [3.63, 3.8) is 0 Å². The fourth-order valence-electron chi connectivity index (χ4n) is 2.52. The van der Waals surface area contributed by atoms with Gasteiger partial charge in [-0.3, -0.25) is 14.3 Å². The number of likely N-dealkylation sites (tertiary alicyclic amines) is 1. The third kappa shape index (κ3) is 4.11. The number of carbonyl (C=O) groups is 2. The van der Waals surface area contributed by atoms with E-state index in [2.05, 4.69) is 5.10 Å². The summed E-state index contributed by atoms with van der Waals surface area (Å²) in [6.45, 7) is 4.69. The maximum absolute atomic E-state index is 12.2. The highest BCUT2D eigenvalue weighted by molar-refractivity contribution is 5.85. The number of aryl methyl sites for hydroxylation is 2. The number of aromatic nitrogens is 2. The maximum Gasteiger partial charge on any atom is 0.308 e. The van der Waals surface area contributed by atoms with E-state index in [-0.39, 0.29) is 30.7 Å². The highest BCUT2D eigenvalue weighted by atomic mass is 35.5. The molecular weight excluding hydrogens is 317 g/mol. The first-order valence-corrected chi connectivity index (χ1v) is 6.39. The van der Waals surface area contributed by atoms with Gasteiger partial charge in [-0.25, -0.2) is 0 Å². The van der Waals surface area contributed by atoms with E-state index < -0.39 is 11.9 Å². The second-order valence-corrected chi connectivity index (χ2v) is 5.11. The average Bonchev–Trinajstić information content (AvgIpc) is 2.91. The molecular formula is C13H21Cl2N3O3. The Bertz CT molecular complexity index is 531. The van der Waals surface area contributed by atoms with E-state index in [1.807, 2.05) is 20.9 Å². The Hall–Kier alpha value is -1.27. The van der Waals surface area contributed by atoms with Crippen LogP contribution in [-0.4, -0.2) is 44.8 Å². The molecule has 1 amide bonds. The van der Waals surface area contributed by atoms with Crippen molar-refractivity contribution < 1.29 is 14.7 Å². The summed E-state index contributed by atoms with van der Waals surface area (Å²) in [5, 5.41) is 13.2. The summed E-state index contributed by atoms with van der Waals surface area (Å²) in [6.07, 6.45) is 0.851. The van der Waals surface area contributed by atoms with E-state index in [4.69, 9.17) is 5.11 Å². The summed E-state index contributed by atoms with van der Waals surface area (Å²) in [7, 11) is 1.85. The van der Waals surface area contributed by atoms with Crippen molar-refractivity contribution in [2.75, 3.05) is 13.1 Å². The Kier molecular flexibility index (Phi) is 7.19. The van der Waals surface area contributed by atoms with E-state index >= 15 is 0 Å². The predicted molar refractivity (Wildman–Crippen MR) is 83.2 cm³/mol. The molecule has 1 atom stereocenters. The van der Waals surface area contributed by atoms with Crippen molar-refractivity contribution in [2.45, 2.75) is 26.7 Å². The molecule has 0 spiro atoms. The Morgan fingerprint density at radius 2 is 1.95 bits per heavy atom. The molecule has 0 aromatic carbocycles. The van der Waals surface area contributed by atoms with Gasteiger partial charge in [-0.05, 0) is 20.3 Å². The van der Waals surface area contributed by atoms with Crippen LogP contribution in [0.5, 0.6) is 0 Å². The molecule has 2 heterocycles. The van der Waals surface area contributed by atoms with E-state index in [1.165, 1.54) is 0 Å². The number of carboxylic acids is 1. The first-order valence-electron chi connectivity index (χ1n) is 6.39. The van der Waals surface area contributed by atoms with Crippen LogP contribution < -0.4 is 0 Å². The van der Waals surface area contributed by atoms with Gasteiger partial charge in [0.05, 0.1) is 18.0 Å². The average molecular weight is 338 g/mol. The van der Waals surface area contributed by atoms with E-state index in [1.54, 1.807) is 9.58 Å². The molecule has 1 aromatic heterocycles. The molecule has 120 valence electrons. The van der Waals surface area contributed by atoms with Crippen molar-refractivity contribution in [2.24, 2.45) is 13.0 Å². The van der Waals surface area contributed by atoms with Crippen LogP contribution in [-0.2, 0) is 23.1 Å². The molecule has 1 aliphatic heterocycles. The molecule has 1 saturated heterocycles. The van der Waals surface area contributed by atoms with Crippen LogP contribution in [0, 0.1) is 19.8 Å². The van der Waals surface area contributed by atoms with Crippen LogP contribution in [0.4, 0.5) is 0 Å². The van der Waals surface area contributed by atoms with E-state index in [9.17, 15) is 9.59 Å². The highest BCUT2D eigenvalue weighted by Gasteiger charge is 2.31. The van der Waals surface area contributed by atoms with Crippen LogP contribution in [0.2, 0.25) is 0 Å². The molecule has 0 radical (unpaired) electrons. The molecule has 6 nitrogen and oxygen atoms in total. The number of hydrogen-bond donors (Lipinski definition) is 1. The SMILES string of the molecule is Cc1nn(C)c(C)c1CC(=O)N1CCC(C(=O)O)C1.Cl.Cl. The van der Waals surface area contributed by atoms with Gasteiger partial charge in [-0.2, -0.15) is 5.10 Å². The lowest BCUT2D eigenvalue weighted by Gasteiger charge is -2.15. The molecule has 0 aliphatic carbocycles. The van der Waals surface area contributed by atoms with Crippen LogP contribution >= 0.6 is 24.8 Å². The first-order chi connectivity index (χ1) is 8.90. The number of carbonyl (C=O) groups excluding carboxylic acids is 1. The lowest BCUT2D eigenvalue weighted by atomic mass is 10.1. The number of amides is 1. The van der Waals surface area contributed by atoms with E-state index in [0.29, 0.717) is 25.9 Å². The van der Waals surface area contributed by atoms with Gasteiger partial charge in [0.1, 0.15) is 0 Å². The van der Waals surface area contributed by atoms with Gasteiger partial charge in [0.2, 0.25) is 5.91 Å². The van der Waals surface area contributed by atoms with Gasteiger partial charge in [0, 0.05) is 31.4 Å². The van der Waals surface area contributed by atoms with Crippen LogP contribution in [0.25, 0.3) is 0 Å². The zero-order chi connectivity index (χ0) is 14.2. The van der Waals surface area contributed by atoms with Crippen LogP contribution in [0.3, 0.4) is 0 Å². The third-order valence-corrected chi connectivity index (χ3v) is 3.88. The van der Waals surface area contributed by atoms with Gasteiger partial charge in [-0.1, -0.05) is 0 Å². The highest BCUT2D eigenvalue weighted by Crippen LogP contribution is 2.19. The fourth-order valence-corrected chi connectivity index (χ4v) is 2.52. The van der Waals surface area contributed by atoms with Crippen LogP contribution in [0.1, 0.15) is 23.4 Å². The fraction of sp³-hybridized carbons (Fsp3) is 0.615. The second kappa shape index (κ2) is 7.66. The van der Waals surface area contributed by atoms with Gasteiger partial charge in [0.15, 0.2) is 0 Å². The van der Waals surface area contributed by atoms with Crippen molar-refractivity contribution in [3.8, 4) is 0 Å². The normalized spacial score (nSPS) is 17.1. The Morgan fingerprint density at radius 3 is 2.38 bits per heavy atom. The summed E-state index contributed by atoms with van der Waals surface area (Å²) in [6, 6.07) is 0. The predicted octanol–water partition coefficient (Wildman–Crippen LogP) is 1.36. The van der Waals surface area contributed by atoms with E-state index in [0.717, 1.165) is 17.0 Å². The van der Waals surface area contributed by atoms with Gasteiger partial charge in [0.25, 0.3) is 0 Å². The van der Waals surface area contributed by atoms with Gasteiger partial charge in [-0.15, -0.1) is 24.8 Å². The molecule has 1 fully saturated rings. The second-order valence-electron chi connectivity index (χ2n) is 5.11. The number of halogens is 2. The quantitative estimate of drug-likeness (QED) is 0.903. The summed E-state index contributed by atoms with van der Waals surface area (Å²) in [5.41, 5.74) is 2.80. The molecule has 1 aliphatic rings. The van der Waals surface area contributed by atoms with Crippen molar-refractivity contribution in [1.29, 1.82) is 0 Å². The minimum Gasteiger partial charge on any atom is -0.481 e. The topological polar surface area (TPSA) is 75.4 Å². The lowest BCUT2D eigenvalue weighted by molar-refractivity contribution is -0.141. The largest absolute Gasteiger partial charge is 0.481 e. The molecule has 2 rings (SSSR count). The number of rotatable bonds is 3.